The van der Waals surface area contributed by atoms with Crippen LogP contribution in [0, 0.1) is 0 Å². The number of unbranched alkanes of at least 4 members (excludes halogenated alkanes) is 9. The lowest BCUT2D eigenvalue weighted by Gasteiger charge is -2.11. The Morgan fingerprint density at radius 1 is 0.800 bits per heavy atom. The van der Waals surface area contributed by atoms with Crippen LogP contribution in [0.2, 0.25) is 0 Å². The Hall–Kier alpha value is -1.08. The summed E-state index contributed by atoms with van der Waals surface area (Å²) in [5.74, 6) is 0.691. The molecule has 1 aromatic carbocycles. The molecule has 1 heterocycles. The number of pyridine rings is 1. The molecule has 2 aromatic rings. The monoisotopic (exact) mass is 360 g/mol. The molecule has 25 heavy (non-hydrogen) atoms. The second-order valence-corrected chi connectivity index (χ2v) is 7.56. The maximum Gasteiger partial charge on any atom is 0.212 e. The number of hydrogen-bond donors (Lipinski definition) is 0. The van der Waals surface area contributed by atoms with Crippen LogP contribution in [0.25, 0.3) is 10.9 Å². The van der Waals surface area contributed by atoms with Crippen LogP contribution in [0.4, 0.5) is 0 Å². The highest BCUT2D eigenvalue weighted by molar-refractivity contribution is 6.18. The Labute approximate surface area is 159 Å². The fourth-order valence-corrected chi connectivity index (χ4v) is 3.96. The first-order chi connectivity index (χ1) is 12.4. The molecule has 0 radical (unpaired) electrons. The van der Waals surface area contributed by atoms with E-state index in [9.17, 15) is 0 Å². The molecule has 2 rings (SSSR count). The molecule has 0 fully saturated rings. The SMILES string of the molecule is CCCCCCCCCCCCC(CCl)[n+]1cccc2ccccc21. The Bertz CT molecular complexity index is 590. The lowest BCUT2D eigenvalue weighted by atomic mass is 10.0. The van der Waals surface area contributed by atoms with Gasteiger partial charge in [-0.05, 0) is 18.6 Å². The van der Waals surface area contributed by atoms with E-state index in [1.807, 2.05) is 0 Å². The molecular formula is C23H35ClN+. The van der Waals surface area contributed by atoms with Crippen molar-refractivity contribution in [1.29, 1.82) is 0 Å². The van der Waals surface area contributed by atoms with Crippen LogP contribution in [0.3, 0.4) is 0 Å². The molecule has 1 aromatic heterocycles. The van der Waals surface area contributed by atoms with E-state index in [0.29, 0.717) is 11.9 Å². The van der Waals surface area contributed by atoms with Crippen LogP contribution < -0.4 is 4.57 Å². The molecule has 0 aliphatic carbocycles. The highest BCUT2D eigenvalue weighted by Gasteiger charge is 2.19. The maximum atomic E-state index is 6.30. The molecular weight excluding hydrogens is 326 g/mol. The lowest BCUT2D eigenvalue weighted by molar-refractivity contribution is -0.694. The molecule has 138 valence electrons. The topological polar surface area (TPSA) is 3.88 Å². The van der Waals surface area contributed by atoms with Gasteiger partial charge in [0.05, 0.1) is 5.88 Å². The molecule has 1 nitrogen and oxygen atoms in total. The molecule has 0 saturated carbocycles. The lowest BCUT2D eigenvalue weighted by Crippen LogP contribution is -2.40. The van der Waals surface area contributed by atoms with Crippen LogP contribution >= 0.6 is 11.6 Å². The Kier molecular flexibility index (Phi) is 9.96. The van der Waals surface area contributed by atoms with Gasteiger partial charge < -0.3 is 0 Å². The van der Waals surface area contributed by atoms with Crippen molar-refractivity contribution in [2.45, 2.75) is 83.6 Å². The van der Waals surface area contributed by atoms with Gasteiger partial charge >= 0.3 is 0 Å². The summed E-state index contributed by atoms with van der Waals surface area (Å²) >= 11 is 6.30. The first-order valence-electron chi connectivity index (χ1n) is 10.3. The van der Waals surface area contributed by atoms with Crippen LogP contribution in [0.5, 0.6) is 0 Å². The van der Waals surface area contributed by atoms with Crippen molar-refractivity contribution in [3.63, 3.8) is 0 Å². The average molecular weight is 361 g/mol. The molecule has 2 heteroatoms. The van der Waals surface area contributed by atoms with Crippen LogP contribution in [-0.4, -0.2) is 5.88 Å². The van der Waals surface area contributed by atoms with Gasteiger partial charge in [-0.15, -0.1) is 11.6 Å². The number of aromatic nitrogens is 1. The second kappa shape index (κ2) is 12.3. The Balaban J connectivity index is 1.68. The number of nitrogens with zero attached hydrogens (tertiary/aromatic N) is 1. The van der Waals surface area contributed by atoms with Gasteiger partial charge in [0.15, 0.2) is 12.2 Å². The summed E-state index contributed by atoms with van der Waals surface area (Å²) < 4.78 is 2.37. The molecule has 0 aliphatic rings. The largest absolute Gasteiger partial charge is 0.212 e. The number of benzene rings is 1. The van der Waals surface area contributed by atoms with E-state index >= 15 is 0 Å². The summed E-state index contributed by atoms with van der Waals surface area (Å²) in [6.45, 7) is 2.28. The van der Waals surface area contributed by atoms with E-state index < -0.39 is 0 Å². The van der Waals surface area contributed by atoms with Gasteiger partial charge in [0.25, 0.3) is 0 Å². The van der Waals surface area contributed by atoms with E-state index in [4.69, 9.17) is 11.6 Å². The van der Waals surface area contributed by atoms with Crippen molar-refractivity contribution < 1.29 is 4.57 Å². The zero-order valence-corrected chi connectivity index (χ0v) is 16.7. The summed E-state index contributed by atoms with van der Waals surface area (Å²) in [5, 5.41) is 1.29. The summed E-state index contributed by atoms with van der Waals surface area (Å²) in [5.41, 5.74) is 1.29. The second-order valence-electron chi connectivity index (χ2n) is 7.25. The summed E-state index contributed by atoms with van der Waals surface area (Å²) in [4.78, 5) is 0. The zero-order valence-electron chi connectivity index (χ0n) is 15.9. The van der Waals surface area contributed by atoms with Crippen molar-refractivity contribution in [3.05, 3.63) is 42.6 Å². The van der Waals surface area contributed by atoms with Gasteiger partial charge in [0.1, 0.15) is 0 Å². The van der Waals surface area contributed by atoms with Crippen molar-refractivity contribution in [3.8, 4) is 0 Å². The molecule has 1 atom stereocenters. The van der Waals surface area contributed by atoms with Crippen molar-refractivity contribution in [2.24, 2.45) is 0 Å². The van der Waals surface area contributed by atoms with E-state index in [2.05, 4.69) is 54.1 Å². The third kappa shape index (κ3) is 6.98. The van der Waals surface area contributed by atoms with Gasteiger partial charge in [-0.25, -0.2) is 0 Å². The summed E-state index contributed by atoms with van der Waals surface area (Å²) in [6.07, 6.45) is 17.2. The third-order valence-corrected chi connectivity index (χ3v) is 5.56. The van der Waals surface area contributed by atoms with Gasteiger partial charge in [-0.1, -0.05) is 76.8 Å². The zero-order chi connectivity index (χ0) is 17.7. The van der Waals surface area contributed by atoms with Crippen LogP contribution in [-0.2, 0) is 0 Å². The number of para-hydroxylation sites is 1. The van der Waals surface area contributed by atoms with Crippen molar-refractivity contribution >= 4 is 22.5 Å². The van der Waals surface area contributed by atoms with E-state index in [1.54, 1.807) is 0 Å². The van der Waals surface area contributed by atoms with Crippen molar-refractivity contribution in [1.82, 2.24) is 0 Å². The van der Waals surface area contributed by atoms with Gasteiger partial charge in [-0.2, -0.15) is 4.57 Å². The number of hydrogen-bond acceptors (Lipinski definition) is 0. The molecule has 1 unspecified atom stereocenters. The predicted octanol–water partition coefficient (Wildman–Crippen LogP) is 7.22. The minimum atomic E-state index is 0.404. The van der Waals surface area contributed by atoms with Crippen molar-refractivity contribution in [2.75, 3.05) is 5.88 Å². The first-order valence-corrected chi connectivity index (χ1v) is 10.8. The number of fused-ring (bicyclic) bond motifs is 1. The van der Waals surface area contributed by atoms with E-state index in [1.165, 1.54) is 81.5 Å². The van der Waals surface area contributed by atoms with Crippen LogP contribution in [0.15, 0.2) is 42.6 Å². The molecule has 0 N–H and O–H groups in total. The highest BCUT2D eigenvalue weighted by atomic mass is 35.5. The predicted molar refractivity (Wildman–Crippen MR) is 110 cm³/mol. The quantitative estimate of drug-likeness (QED) is 0.202. The van der Waals surface area contributed by atoms with Gasteiger partial charge in [0.2, 0.25) is 5.52 Å². The van der Waals surface area contributed by atoms with Crippen LogP contribution in [0.1, 0.15) is 83.6 Å². The molecule has 0 amide bonds. The minimum Gasteiger partial charge on any atom is -0.194 e. The normalized spacial score (nSPS) is 12.6. The first kappa shape index (κ1) is 20.2. The Morgan fingerprint density at radius 2 is 1.40 bits per heavy atom. The summed E-state index contributed by atoms with van der Waals surface area (Å²) in [6, 6.07) is 13.3. The molecule has 0 aliphatic heterocycles. The average Bonchev–Trinajstić information content (AvgIpc) is 2.66. The van der Waals surface area contributed by atoms with E-state index in [0.717, 1.165) is 0 Å². The molecule has 0 bridgehead atoms. The maximum absolute atomic E-state index is 6.30. The number of alkyl halides is 1. The number of halogens is 1. The van der Waals surface area contributed by atoms with Gasteiger partial charge in [0, 0.05) is 23.9 Å². The van der Waals surface area contributed by atoms with E-state index in [-0.39, 0.29) is 0 Å². The minimum absolute atomic E-state index is 0.404. The van der Waals surface area contributed by atoms with Gasteiger partial charge in [-0.3, -0.25) is 0 Å². The fraction of sp³-hybridized carbons (Fsp3) is 0.609. The highest BCUT2D eigenvalue weighted by Crippen LogP contribution is 2.18. The Morgan fingerprint density at radius 3 is 2.08 bits per heavy atom. The standard InChI is InChI=1S/C23H35ClN/c1-2-3-4-5-6-7-8-9-10-11-17-22(20-24)25-19-14-16-21-15-12-13-18-23(21)25/h12-16,18-19,22H,2-11,17,20H2,1H3/q+1. The smallest absolute Gasteiger partial charge is 0.194 e. The fourth-order valence-electron chi connectivity index (χ4n) is 3.66. The third-order valence-electron chi connectivity index (χ3n) is 5.20. The number of rotatable bonds is 13. The summed E-state index contributed by atoms with van der Waals surface area (Å²) in [7, 11) is 0. The molecule has 0 spiro atoms. The molecule has 0 saturated heterocycles.